The van der Waals surface area contributed by atoms with Gasteiger partial charge in [-0.05, 0) is 36.1 Å². The summed E-state index contributed by atoms with van der Waals surface area (Å²) in [5, 5.41) is 15.3. The van der Waals surface area contributed by atoms with E-state index in [1.807, 2.05) is 12.1 Å². The van der Waals surface area contributed by atoms with E-state index in [1.165, 1.54) is 23.3 Å². The van der Waals surface area contributed by atoms with E-state index in [0.717, 1.165) is 12.8 Å². The Morgan fingerprint density at radius 2 is 1.64 bits per heavy atom. The average Bonchev–Trinajstić information content (AvgIpc) is 2.86. The van der Waals surface area contributed by atoms with Gasteiger partial charge >= 0.3 is 6.03 Å². The lowest BCUT2D eigenvalue weighted by Crippen LogP contribution is -2.38. The van der Waals surface area contributed by atoms with Crippen LogP contribution in [-0.4, -0.2) is 17.2 Å². The highest BCUT2D eigenvalue weighted by Gasteiger charge is 2.22. The molecular formula is C16H14Cl2N2O2. The Bertz CT molecular complexity index is 686. The number of fused-ring (bicyclic) bond motifs is 1. The summed E-state index contributed by atoms with van der Waals surface area (Å²) in [6, 6.07) is 10.8. The summed E-state index contributed by atoms with van der Waals surface area (Å²) in [7, 11) is 0. The maximum atomic E-state index is 12.1. The number of nitrogens with one attached hydrogen (secondary N) is 2. The van der Waals surface area contributed by atoms with Crippen molar-refractivity contribution in [3.63, 3.8) is 0 Å². The van der Waals surface area contributed by atoms with Gasteiger partial charge in [0.05, 0.1) is 10.0 Å². The summed E-state index contributed by atoms with van der Waals surface area (Å²) >= 11 is 11.7. The van der Waals surface area contributed by atoms with E-state index < -0.39 is 0 Å². The van der Waals surface area contributed by atoms with Crippen molar-refractivity contribution in [2.45, 2.75) is 18.9 Å². The molecule has 114 valence electrons. The zero-order chi connectivity index (χ0) is 15.7. The number of carbonyl (C=O) groups excluding carboxylic acids is 1. The van der Waals surface area contributed by atoms with Gasteiger partial charge in [-0.1, -0.05) is 47.5 Å². The van der Waals surface area contributed by atoms with Crippen LogP contribution in [0.2, 0.25) is 10.0 Å². The molecule has 0 aromatic heterocycles. The number of urea groups is 1. The first-order valence-corrected chi connectivity index (χ1v) is 7.61. The fourth-order valence-electron chi connectivity index (χ4n) is 2.65. The summed E-state index contributed by atoms with van der Waals surface area (Å²) in [5.74, 6) is -0.194. The van der Waals surface area contributed by atoms with Gasteiger partial charge in [-0.15, -0.1) is 0 Å². The molecule has 6 heteroatoms. The standard InChI is InChI=1S/C16H14Cl2N2O2/c17-13-7-12(8-14(18)15(13)21)20-16(22)19-11-5-9-3-1-2-4-10(9)6-11/h1-4,7-8,11,21H,5-6H2,(H2,19,20,22). The number of aromatic hydroxyl groups is 1. The molecule has 0 spiro atoms. The lowest BCUT2D eigenvalue weighted by atomic mass is 10.1. The van der Waals surface area contributed by atoms with E-state index in [-0.39, 0.29) is 27.9 Å². The van der Waals surface area contributed by atoms with Gasteiger partial charge < -0.3 is 15.7 Å². The summed E-state index contributed by atoms with van der Waals surface area (Å²) in [4.78, 5) is 12.1. The zero-order valence-corrected chi connectivity index (χ0v) is 13.1. The van der Waals surface area contributed by atoms with Crippen molar-refractivity contribution in [1.29, 1.82) is 0 Å². The first kappa shape index (κ1) is 15.0. The van der Waals surface area contributed by atoms with Crippen LogP contribution in [0, 0.1) is 0 Å². The van der Waals surface area contributed by atoms with Crippen LogP contribution in [-0.2, 0) is 12.8 Å². The van der Waals surface area contributed by atoms with Crippen molar-refractivity contribution >= 4 is 34.9 Å². The number of carbonyl (C=O) groups is 1. The number of benzene rings is 2. The van der Waals surface area contributed by atoms with Crippen LogP contribution in [0.25, 0.3) is 0 Å². The predicted octanol–water partition coefficient (Wildman–Crippen LogP) is 3.99. The molecule has 0 heterocycles. The lowest BCUT2D eigenvalue weighted by Gasteiger charge is -2.14. The van der Waals surface area contributed by atoms with Crippen LogP contribution in [0.5, 0.6) is 5.75 Å². The molecule has 0 fully saturated rings. The maximum absolute atomic E-state index is 12.1. The highest BCUT2D eigenvalue weighted by molar-refractivity contribution is 6.37. The quantitative estimate of drug-likeness (QED) is 0.726. The van der Waals surface area contributed by atoms with Crippen LogP contribution in [0.15, 0.2) is 36.4 Å². The number of hydrogen-bond donors (Lipinski definition) is 3. The van der Waals surface area contributed by atoms with Gasteiger partial charge in [0.25, 0.3) is 0 Å². The SMILES string of the molecule is O=C(Nc1cc(Cl)c(O)c(Cl)c1)NC1Cc2ccccc2C1. The van der Waals surface area contributed by atoms with E-state index >= 15 is 0 Å². The van der Waals surface area contributed by atoms with Crippen molar-refractivity contribution in [3.8, 4) is 5.75 Å². The zero-order valence-electron chi connectivity index (χ0n) is 11.6. The Balaban J connectivity index is 1.62. The number of halogens is 2. The minimum atomic E-state index is -0.323. The number of amides is 2. The Hall–Kier alpha value is -1.91. The first-order chi connectivity index (χ1) is 10.5. The number of rotatable bonds is 2. The molecule has 1 aliphatic rings. The Morgan fingerprint density at radius 3 is 2.18 bits per heavy atom. The minimum Gasteiger partial charge on any atom is -0.505 e. The van der Waals surface area contributed by atoms with Crippen LogP contribution in [0.3, 0.4) is 0 Å². The molecule has 0 bridgehead atoms. The first-order valence-electron chi connectivity index (χ1n) is 6.85. The molecule has 3 N–H and O–H groups in total. The number of phenols is 1. The maximum Gasteiger partial charge on any atom is 0.319 e. The number of anilines is 1. The van der Waals surface area contributed by atoms with Crippen LogP contribution in [0.4, 0.5) is 10.5 Å². The molecule has 22 heavy (non-hydrogen) atoms. The molecule has 1 aliphatic carbocycles. The average molecular weight is 337 g/mol. The Kier molecular flexibility index (Phi) is 4.14. The van der Waals surface area contributed by atoms with Crippen molar-refractivity contribution in [1.82, 2.24) is 5.32 Å². The molecule has 2 aromatic carbocycles. The fourth-order valence-corrected chi connectivity index (χ4v) is 3.14. The van der Waals surface area contributed by atoms with E-state index in [1.54, 1.807) is 0 Å². The molecule has 0 unspecified atom stereocenters. The van der Waals surface area contributed by atoms with E-state index in [9.17, 15) is 9.90 Å². The minimum absolute atomic E-state index is 0.0699. The number of phenolic OH excluding ortho intramolecular Hbond substituents is 1. The largest absolute Gasteiger partial charge is 0.505 e. The molecule has 2 amide bonds. The second-order valence-corrected chi connectivity index (χ2v) is 6.08. The third-order valence-corrected chi connectivity index (χ3v) is 4.24. The molecule has 0 saturated carbocycles. The Morgan fingerprint density at radius 1 is 1.09 bits per heavy atom. The summed E-state index contributed by atoms with van der Waals surface area (Å²) < 4.78 is 0. The molecule has 0 radical (unpaired) electrons. The van der Waals surface area contributed by atoms with Gasteiger partial charge in [0.1, 0.15) is 0 Å². The van der Waals surface area contributed by atoms with Crippen molar-refractivity contribution in [3.05, 3.63) is 57.6 Å². The van der Waals surface area contributed by atoms with Gasteiger partial charge in [-0.3, -0.25) is 0 Å². The van der Waals surface area contributed by atoms with Gasteiger partial charge in [-0.2, -0.15) is 0 Å². The summed E-state index contributed by atoms with van der Waals surface area (Å²) in [6.45, 7) is 0. The van der Waals surface area contributed by atoms with Gasteiger partial charge in [-0.25, -0.2) is 4.79 Å². The smallest absolute Gasteiger partial charge is 0.319 e. The third kappa shape index (κ3) is 3.13. The number of hydrogen-bond acceptors (Lipinski definition) is 2. The highest BCUT2D eigenvalue weighted by Crippen LogP contribution is 2.34. The van der Waals surface area contributed by atoms with Crippen molar-refractivity contribution in [2.75, 3.05) is 5.32 Å². The molecular weight excluding hydrogens is 323 g/mol. The topological polar surface area (TPSA) is 61.4 Å². The van der Waals surface area contributed by atoms with Crippen molar-refractivity contribution < 1.29 is 9.90 Å². The molecule has 0 saturated heterocycles. The van der Waals surface area contributed by atoms with Gasteiger partial charge in [0.2, 0.25) is 0 Å². The normalized spacial score (nSPS) is 13.7. The highest BCUT2D eigenvalue weighted by atomic mass is 35.5. The van der Waals surface area contributed by atoms with Crippen LogP contribution in [0.1, 0.15) is 11.1 Å². The predicted molar refractivity (Wildman–Crippen MR) is 87.9 cm³/mol. The summed E-state index contributed by atoms with van der Waals surface area (Å²) in [6.07, 6.45) is 1.64. The molecule has 2 aromatic rings. The van der Waals surface area contributed by atoms with E-state index in [2.05, 4.69) is 22.8 Å². The lowest BCUT2D eigenvalue weighted by molar-refractivity contribution is 0.249. The fraction of sp³-hybridized carbons (Fsp3) is 0.188. The van der Waals surface area contributed by atoms with Gasteiger partial charge in [0, 0.05) is 11.7 Å². The van der Waals surface area contributed by atoms with Crippen molar-refractivity contribution in [2.24, 2.45) is 0 Å². The van der Waals surface area contributed by atoms with Gasteiger partial charge in [0.15, 0.2) is 5.75 Å². The van der Waals surface area contributed by atoms with Crippen LogP contribution >= 0.6 is 23.2 Å². The molecule has 0 atom stereocenters. The second-order valence-electron chi connectivity index (χ2n) is 5.26. The Labute approximate surface area is 138 Å². The molecule has 0 aliphatic heterocycles. The van der Waals surface area contributed by atoms with Crippen LogP contribution < -0.4 is 10.6 Å². The second kappa shape index (κ2) is 6.07. The molecule has 3 rings (SSSR count). The van der Waals surface area contributed by atoms with E-state index in [4.69, 9.17) is 23.2 Å². The monoisotopic (exact) mass is 336 g/mol. The van der Waals surface area contributed by atoms with E-state index in [0.29, 0.717) is 5.69 Å². The molecule has 4 nitrogen and oxygen atoms in total. The summed E-state index contributed by atoms with van der Waals surface area (Å²) in [5.41, 5.74) is 2.97. The third-order valence-electron chi connectivity index (χ3n) is 3.66.